The zero-order valence-corrected chi connectivity index (χ0v) is 16.8. The van der Waals surface area contributed by atoms with Gasteiger partial charge in [-0.2, -0.15) is 0 Å². The molecule has 2 aromatic rings. The van der Waals surface area contributed by atoms with Crippen LogP contribution in [0.5, 0.6) is 0 Å². The molecule has 2 fully saturated rings. The molecule has 2 saturated heterocycles. The molecule has 0 amide bonds. The van der Waals surface area contributed by atoms with Crippen LogP contribution in [-0.4, -0.2) is 80.9 Å². The predicted octanol–water partition coefficient (Wildman–Crippen LogP) is 1.46. The first-order valence-electron chi connectivity index (χ1n) is 9.45. The van der Waals surface area contributed by atoms with Crippen LogP contribution in [-0.2, 0) is 4.74 Å². The molecule has 0 unspecified atom stereocenters. The van der Waals surface area contributed by atoms with Crippen molar-refractivity contribution in [2.24, 2.45) is 0 Å². The summed E-state index contributed by atoms with van der Waals surface area (Å²) < 4.78 is 7.40. The van der Waals surface area contributed by atoms with E-state index in [4.69, 9.17) is 27.9 Å². The van der Waals surface area contributed by atoms with E-state index in [1.54, 1.807) is 16.7 Å². The molecule has 8 nitrogen and oxygen atoms in total. The fourth-order valence-corrected chi connectivity index (χ4v) is 4.21. The van der Waals surface area contributed by atoms with E-state index in [0.717, 1.165) is 19.6 Å². The summed E-state index contributed by atoms with van der Waals surface area (Å²) in [5.41, 5.74) is 1.21. The number of hydrogen-bond donors (Lipinski definition) is 4. The summed E-state index contributed by atoms with van der Waals surface area (Å²) in [6.45, 7) is 3.34. The highest BCUT2D eigenvalue weighted by molar-refractivity contribution is 6.42. The van der Waals surface area contributed by atoms with Crippen molar-refractivity contribution in [3.05, 3.63) is 22.2 Å². The molecular weight excluding hydrogens is 407 g/mol. The number of ether oxygens (including phenoxy) is 1. The maximum Gasteiger partial charge on any atom is 0.206 e. The van der Waals surface area contributed by atoms with Crippen LogP contribution in [0, 0.1) is 0 Å². The Balaban J connectivity index is 1.66. The van der Waals surface area contributed by atoms with Gasteiger partial charge in [-0.15, -0.1) is 0 Å². The quantitative estimate of drug-likeness (QED) is 0.549. The minimum absolute atomic E-state index is 0.352. The molecule has 4 N–H and O–H groups in total. The highest BCUT2D eigenvalue weighted by Crippen LogP contribution is 2.37. The van der Waals surface area contributed by atoms with Gasteiger partial charge in [0.2, 0.25) is 5.95 Å². The highest BCUT2D eigenvalue weighted by Gasteiger charge is 2.44. The number of aliphatic hydroxyl groups is 3. The Hall–Kier alpha value is -1.13. The Morgan fingerprint density at radius 3 is 2.54 bits per heavy atom. The van der Waals surface area contributed by atoms with Gasteiger partial charge >= 0.3 is 0 Å². The topological polar surface area (TPSA) is 103 Å². The van der Waals surface area contributed by atoms with Crippen LogP contribution in [0.15, 0.2) is 12.1 Å². The van der Waals surface area contributed by atoms with Gasteiger partial charge < -0.3 is 30.3 Å². The van der Waals surface area contributed by atoms with Gasteiger partial charge in [0, 0.05) is 13.1 Å². The number of nitrogens with one attached hydrogen (secondary N) is 1. The van der Waals surface area contributed by atoms with Crippen LogP contribution < -0.4 is 5.32 Å². The van der Waals surface area contributed by atoms with E-state index < -0.39 is 31.1 Å². The molecule has 2 aliphatic heterocycles. The summed E-state index contributed by atoms with van der Waals surface area (Å²) in [5.74, 6) is 0.488. The van der Waals surface area contributed by atoms with Gasteiger partial charge in [0.05, 0.1) is 27.7 Å². The van der Waals surface area contributed by atoms with Crippen molar-refractivity contribution in [1.29, 1.82) is 0 Å². The van der Waals surface area contributed by atoms with Crippen LogP contribution in [0.25, 0.3) is 11.0 Å². The van der Waals surface area contributed by atoms with Crippen molar-refractivity contribution in [1.82, 2.24) is 14.5 Å². The molecular formula is C18H24Cl2N4O4. The average Bonchev–Trinajstić information content (AvgIpc) is 3.37. The molecule has 4 atom stereocenters. The van der Waals surface area contributed by atoms with Crippen molar-refractivity contribution in [3.63, 3.8) is 0 Å². The lowest BCUT2D eigenvalue weighted by atomic mass is 10.1. The number of fused-ring (bicyclic) bond motifs is 1. The van der Waals surface area contributed by atoms with Crippen molar-refractivity contribution in [3.8, 4) is 0 Å². The standard InChI is InChI=1S/C18H24Cl2N4O4/c19-10-7-12-13(8-11(10)20)24(17-16(27)15(26)14(9-25)28-17)18(22-12)21-3-6-23-4-1-2-5-23/h7-8,14-17,25-27H,1-6,9H2,(H,21,22)/t14-,15-,16-,17-/m1/s1. The molecule has 0 radical (unpaired) electrons. The summed E-state index contributed by atoms with van der Waals surface area (Å²) in [7, 11) is 0. The van der Waals surface area contributed by atoms with E-state index in [9.17, 15) is 15.3 Å². The molecule has 0 spiro atoms. The van der Waals surface area contributed by atoms with Crippen molar-refractivity contribution >= 4 is 40.2 Å². The first-order valence-corrected chi connectivity index (χ1v) is 10.2. The van der Waals surface area contributed by atoms with Crippen LogP contribution in [0.2, 0.25) is 10.0 Å². The second-order valence-corrected chi connectivity index (χ2v) is 8.08. The first kappa shape index (κ1) is 20.2. The number of aliphatic hydroxyl groups excluding tert-OH is 3. The van der Waals surface area contributed by atoms with Crippen molar-refractivity contribution < 1.29 is 20.1 Å². The fourth-order valence-electron chi connectivity index (χ4n) is 3.90. The molecule has 1 aromatic carbocycles. The van der Waals surface area contributed by atoms with E-state index in [2.05, 4.69) is 15.2 Å². The lowest BCUT2D eigenvalue weighted by Gasteiger charge is -2.21. The molecule has 28 heavy (non-hydrogen) atoms. The highest BCUT2D eigenvalue weighted by atomic mass is 35.5. The van der Waals surface area contributed by atoms with E-state index in [1.807, 2.05) is 0 Å². The first-order chi connectivity index (χ1) is 13.5. The molecule has 0 aliphatic carbocycles. The molecule has 0 saturated carbocycles. The fraction of sp³-hybridized carbons (Fsp3) is 0.611. The third-order valence-corrected chi connectivity index (χ3v) is 6.14. The minimum atomic E-state index is -1.22. The van der Waals surface area contributed by atoms with Gasteiger partial charge in [0.1, 0.15) is 18.3 Å². The Kier molecular flexibility index (Phi) is 5.98. The smallest absolute Gasteiger partial charge is 0.206 e. The number of rotatable bonds is 6. The summed E-state index contributed by atoms with van der Waals surface area (Å²) in [6, 6.07) is 3.31. The Labute approximate surface area is 172 Å². The second-order valence-electron chi connectivity index (χ2n) is 7.26. The van der Waals surface area contributed by atoms with Crippen LogP contribution in [0.4, 0.5) is 5.95 Å². The van der Waals surface area contributed by atoms with Crippen LogP contribution >= 0.6 is 23.2 Å². The van der Waals surface area contributed by atoms with Crippen LogP contribution in [0.3, 0.4) is 0 Å². The Morgan fingerprint density at radius 1 is 1.14 bits per heavy atom. The lowest BCUT2D eigenvalue weighted by Crippen LogP contribution is -2.33. The number of nitrogens with zero attached hydrogens (tertiary/aromatic N) is 3. The van der Waals surface area contributed by atoms with E-state index in [0.29, 0.717) is 33.6 Å². The lowest BCUT2D eigenvalue weighted by molar-refractivity contribution is -0.0499. The third kappa shape index (κ3) is 3.70. The predicted molar refractivity (Wildman–Crippen MR) is 107 cm³/mol. The molecule has 154 valence electrons. The molecule has 1 aromatic heterocycles. The molecule has 2 aliphatic rings. The number of aromatic nitrogens is 2. The monoisotopic (exact) mass is 430 g/mol. The second kappa shape index (κ2) is 8.31. The average molecular weight is 431 g/mol. The number of benzene rings is 1. The summed E-state index contributed by atoms with van der Waals surface area (Å²) in [6.07, 6.45) is -1.77. The molecule has 0 bridgehead atoms. The van der Waals surface area contributed by atoms with Gasteiger partial charge in [0.25, 0.3) is 0 Å². The number of halogens is 2. The van der Waals surface area contributed by atoms with E-state index >= 15 is 0 Å². The van der Waals surface area contributed by atoms with Gasteiger partial charge in [-0.25, -0.2) is 4.98 Å². The van der Waals surface area contributed by atoms with Crippen LogP contribution in [0.1, 0.15) is 19.1 Å². The molecule has 10 heteroatoms. The largest absolute Gasteiger partial charge is 0.394 e. The number of imidazole rings is 1. The van der Waals surface area contributed by atoms with E-state index in [-0.39, 0.29) is 0 Å². The minimum Gasteiger partial charge on any atom is -0.394 e. The summed E-state index contributed by atoms with van der Waals surface area (Å²) >= 11 is 12.3. The Morgan fingerprint density at radius 2 is 1.86 bits per heavy atom. The maximum atomic E-state index is 10.5. The number of anilines is 1. The van der Waals surface area contributed by atoms with Gasteiger partial charge in [-0.3, -0.25) is 4.57 Å². The summed E-state index contributed by atoms with van der Waals surface area (Å²) in [4.78, 5) is 6.96. The summed E-state index contributed by atoms with van der Waals surface area (Å²) in [5, 5.41) is 34.1. The zero-order valence-electron chi connectivity index (χ0n) is 15.3. The number of likely N-dealkylation sites (tertiary alicyclic amines) is 1. The van der Waals surface area contributed by atoms with Gasteiger partial charge in [-0.1, -0.05) is 23.2 Å². The number of hydrogen-bond acceptors (Lipinski definition) is 7. The Bertz CT molecular complexity index is 843. The molecule has 3 heterocycles. The zero-order chi connectivity index (χ0) is 19.8. The van der Waals surface area contributed by atoms with E-state index in [1.165, 1.54) is 12.8 Å². The third-order valence-electron chi connectivity index (χ3n) is 5.41. The van der Waals surface area contributed by atoms with Crippen molar-refractivity contribution in [2.45, 2.75) is 37.4 Å². The normalized spacial score (nSPS) is 28.5. The molecule has 4 rings (SSSR count). The van der Waals surface area contributed by atoms with Gasteiger partial charge in [-0.05, 0) is 38.1 Å². The van der Waals surface area contributed by atoms with Crippen molar-refractivity contribution in [2.75, 3.05) is 38.1 Å². The maximum absolute atomic E-state index is 10.5. The van der Waals surface area contributed by atoms with Gasteiger partial charge in [0.15, 0.2) is 6.23 Å². The SMILES string of the molecule is OC[C@H]1O[C@@H](n2c(NCCN3CCCC3)nc3cc(Cl)c(Cl)cc32)[C@H](O)[C@@H]1O.